The molecule has 1 saturated heterocycles. The number of aliphatic hydroxyl groups excluding tert-OH is 2. The van der Waals surface area contributed by atoms with Crippen molar-refractivity contribution in [3.05, 3.63) is 0 Å². The highest BCUT2D eigenvalue weighted by Gasteiger charge is 2.36. The van der Waals surface area contributed by atoms with Crippen molar-refractivity contribution in [1.29, 1.82) is 0 Å². The van der Waals surface area contributed by atoms with Gasteiger partial charge in [0.1, 0.15) is 6.10 Å². The number of rotatable bonds is 6. The number of hydrogen-bond acceptors (Lipinski definition) is 6. The van der Waals surface area contributed by atoms with E-state index < -0.39 is 18.5 Å². The van der Waals surface area contributed by atoms with Crippen molar-refractivity contribution in [1.82, 2.24) is 0 Å². The summed E-state index contributed by atoms with van der Waals surface area (Å²) >= 11 is 1.67. The van der Waals surface area contributed by atoms with E-state index in [0.29, 0.717) is 12.2 Å². The minimum Gasteiger partial charge on any atom is -0.390 e. The van der Waals surface area contributed by atoms with Crippen LogP contribution >= 0.6 is 11.8 Å². The lowest BCUT2D eigenvalue weighted by Gasteiger charge is -2.36. The number of aliphatic hydroxyl groups is 2. The summed E-state index contributed by atoms with van der Waals surface area (Å²) in [5, 5.41) is 19.5. The molecule has 0 bridgehead atoms. The van der Waals surface area contributed by atoms with E-state index in [1.54, 1.807) is 11.8 Å². The van der Waals surface area contributed by atoms with E-state index >= 15 is 0 Å². The van der Waals surface area contributed by atoms with E-state index in [-0.39, 0.29) is 11.6 Å². The van der Waals surface area contributed by atoms with Gasteiger partial charge in [0.25, 0.3) is 0 Å². The molecule has 4 N–H and O–H groups in total. The standard InChI is InChI=1S/C12H25NO4S/c1-12(2,13)4-5-18-7-9-11(15)8(14)6-10(16-3)17-9/h8-11,14-15H,4-7,13H2,1-3H3/t8?,9?,10-,11-/m0/s1. The van der Waals surface area contributed by atoms with Crippen LogP contribution in [0.25, 0.3) is 0 Å². The van der Waals surface area contributed by atoms with Crippen molar-refractivity contribution in [3.63, 3.8) is 0 Å². The lowest BCUT2D eigenvalue weighted by molar-refractivity contribution is -0.235. The van der Waals surface area contributed by atoms with Gasteiger partial charge in [-0.3, -0.25) is 0 Å². The van der Waals surface area contributed by atoms with Crippen LogP contribution < -0.4 is 5.73 Å². The zero-order valence-electron chi connectivity index (χ0n) is 11.3. The second kappa shape index (κ2) is 7.07. The molecular weight excluding hydrogens is 254 g/mol. The van der Waals surface area contributed by atoms with Gasteiger partial charge in [-0.2, -0.15) is 11.8 Å². The molecule has 0 radical (unpaired) electrons. The maximum Gasteiger partial charge on any atom is 0.160 e. The summed E-state index contributed by atoms with van der Waals surface area (Å²) in [4.78, 5) is 0. The highest BCUT2D eigenvalue weighted by atomic mass is 32.2. The second-order valence-corrected chi connectivity index (χ2v) is 6.60. The summed E-state index contributed by atoms with van der Waals surface area (Å²) in [7, 11) is 1.54. The first-order valence-electron chi connectivity index (χ1n) is 6.24. The van der Waals surface area contributed by atoms with Crippen LogP contribution in [0.15, 0.2) is 0 Å². The van der Waals surface area contributed by atoms with E-state index in [9.17, 15) is 10.2 Å². The van der Waals surface area contributed by atoms with Crippen molar-refractivity contribution in [3.8, 4) is 0 Å². The van der Waals surface area contributed by atoms with Crippen LogP contribution in [0.5, 0.6) is 0 Å². The van der Waals surface area contributed by atoms with E-state index in [4.69, 9.17) is 15.2 Å². The monoisotopic (exact) mass is 279 g/mol. The first kappa shape index (κ1) is 16.2. The molecule has 1 aliphatic heterocycles. The van der Waals surface area contributed by atoms with Gasteiger partial charge in [0.15, 0.2) is 6.29 Å². The molecule has 18 heavy (non-hydrogen) atoms. The first-order chi connectivity index (χ1) is 8.33. The van der Waals surface area contributed by atoms with Gasteiger partial charge in [-0.15, -0.1) is 0 Å². The third kappa shape index (κ3) is 5.42. The topological polar surface area (TPSA) is 84.9 Å². The molecule has 1 fully saturated rings. The summed E-state index contributed by atoms with van der Waals surface area (Å²) in [6.45, 7) is 3.98. The molecule has 0 spiro atoms. The predicted molar refractivity (Wildman–Crippen MR) is 72.5 cm³/mol. The highest BCUT2D eigenvalue weighted by Crippen LogP contribution is 2.24. The number of ether oxygens (including phenoxy) is 2. The Kier molecular flexibility index (Phi) is 6.37. The summed E-state index contributed by atoms with van der Waals surface area (Å²) in [5.41, 5.74) is 5.72. The zero-order chi connectivity index (χ0) is 13.8. The predicted octanol–water partition coefficient (Wildman–Crippen LogP) is 0.330. The lowest BCUT2D eigenvalue weighted by Crippen LogP contribution is -2.49. The Morgan fingerprint density at radius 1 is 1.44 bits per heavy atom. The van der Waals surface area contributed by atoms with Gasteiger partial charge >= 0.3 is 0 Å². The van der Waals surface area contributed by atoms with Gasteiger partial charge in [-0.25, -0.2) is 0 Å². The molecule has 0 aliphatic carbocycles. The molecule has 1 heterocycles. The summed E-state index contributed by atoms with van der Waals surface area (Å²) < 4.78 is 10.6. The molecule has 0 saturated carbocycles. The van der Waals surface area contributed by atoms with Crippen LogP contribution in [0.1, 0.15) is 26.7 Å². The SMILES string of the molecule is CO[C@@H]1CC(O)[C@H](O)C(CSCCC(C)(C)N)O1. The summed E-state index contributed by atoms with van der Waals surface area (Å²) in [6, 6.07) is 0. The summed E-state index contributed by atoms with van der Waals surface area (Å²) in [5.74, 6) is 1.54. The van der Waals surface area contributed by atoms with Crippen LogP contribution in [-0.2, 0) is 9.47 Å². The summed E-state index contributed by atoms with van der Waals surface area (Å²) in [6.07, 6.45) is -1.22. The van der Waals surface area contributed by atoms with Crippen LogP contribution in [0.4, 0.5) is 0 Å². The molecule has 6 heteroatoms. The Hall–Kier alpha value is 0.150. The molecule has 0 aromatic rings. The van der Waals surface area contributed by atoms with Crippen LogP contribution in [-0.4, -0.2) is 59.0 Å². The van der Waals surface area contributed by atoms with Gasteiger partial charge in [-0.1, -0.05) is 0 Å². The Balaban J connectivity index is 2.31. The average molecular weight is 279 g/mol. The first-order valence-corrected chi connectivity index (χ1v) is 7.40. The number of nitrogens with two attached hydrogens (primary N) is 1. The smallest absolute Gasteiger partial charge is 0.160 e. The average Bonchev–Trinajstić information content (AvgIpc) is 2.28. The van der Waals surface area contributed by atoms with Crippen molar-refractivity contribution < 1.29 is 19.7 Å². The maximum atomic E-state index is 9.84. The van der Waals surface area contributed by atoms with Crippen molar-refractivity contribution in [2.75, 3.05) is 18.6 Å². The third-order valence-electron chi connectivity index (χ3n) is 2.97. The van der Waals surface area contributed by atoms with Gasteiger partial charge in [0.2, 0.25) is 0 Å². The second-order valence-electron chi connectivity index (χ2n) is 5.45. The number of thioether (sulfide) groups is 1. The molecule has 1 rings (SSSR count). The Labute approximate surface area is 113 Å². The fraction of sp³-hybridized carbons (Fsp3) is 1.00. The van der Waals surface area contributed by atoms with E-state index in [1.807, 2.05) is 13.8 Å². The molecule has 0 aromatic heterocycles. The fourth-order valence-corrected chi connectivity index (χ4v) is 3.08. The maximum absolute atomic E-state index is 9.84. The normalized spacial score (nSPS) is 33.7. The van der Waals surface area contributed by atoms with Crippen LogP contribution in [0.3, 0.4) is 0 Å². The lowest BCUT2D eigenvalue weighted by atomic mass is 10.0. The zero-order valence-corrected chi connectivity index (χ0v) is 12.2. The van der Waals surface area contributed by atoms with Gasteiger partial charge in [0, 0.05) is 24.8 Å². The quantitative estimate of drug-likeness (QED) is 0.608. The van der Waals surface area contributed by atoms with Crippen molar-refractivity contribution in [2.24, 2.45) is 5.73 Å². The highest BCUT2D eigenvalue weighted by molar-refractivity contribution is 7.99. The molecule has 2 unspecified atom stereocenters. The van der Waals surface area contributed by atoms with Gasteiger partial charge in [0.05, 0.1) is 12.2 Å². The minimum absolute atomic E-state index is 0.173. The van der Waals surface area contributed by atoms with E-state index in [0.717, 1.165) is 12.2 Å². The number of hydrogen-bond donors (Lipinski definition) is 3. The van der Waals surface area contributed by atoms with E-state index in [1.165, 1.54) is 7.11 Å². The molecule has 5 nitrogen and oxygen atoms in total. The van der Waals surface area contributed by atoms with Crippen LogP contribution in [0, 0.1) is 0 Å². The molecular formula is C12H25NO4S. The number of methoxy groups -OCH3 is 1. The van der Waals surface area contributed by atoms with Crippen LogP contribution in [0.2, 0.25) is 0 Å². The third-order valence-corrected chi connectivity index (χ3v) is 4.03. The largest absolute Gasteiger partial charge is 0.390 e. The minimum atomic E-state index is -0.838. The Morgan fingerprint density at radius 2 is 2.11 bits per heavy atom. The Morgan fingerprint density at radius 3 is 2.67 bits per heavy atom. The van der Waals surface area contributed by atoms with Gasteiger partial charge in [-0.05, 0) is 26.0 Å². The molecule has 0 amide bonds. The molecule has 1 aliphatic rings. The van der Waals surface area contributed by atoms with Crippen molar-refractivity contribution >= 4 is 11.8 Å². The molecule has 4 atom stereocenters. The van der Waals surface area contributed by atoms with Gasteiger partial charge < -0.3 is 25.4 Å². The van der Waals surface area contributed by atoms with Crippen molar-refractivity contribution in [2.45, 2.75) is 56.8 Å². The molecule has 0 aromatic carbocycles. The van der Waals surface area contributed by atoms with E-state index in [2.05, 4.69) is 0 Å². The molecule has 108 valence electrons. The fourth-order valence-electron chi connectivity index (χ4n) is 1.74. The Bertz CT molecular complexity index is 247.